The minimum absolute atomic E-state index is 0. The molecular weight excluding hydrogens is 1590 g/mol. The van der Waals surface area contributed by atoms with Gasteiger partial charge in [-0.15, -0.1) is 130 Å². The van der Waals surface area contributed by atoms with Gasteiger partial charge < -0.3 is 19.9 Å². The number of fused-ring (bicyclic) bond motifs is 6. The van der Waals surface area contributed by atoms with Crippen LogP contribution in [0.15, 0.2) is 328 Å². The van der Waals surface area contributed by atoms with Crippen LogP contribution in [0.3, 0.4) is 0 Å². The Balaban J connectivity index is 0.000000145. The fourth-order valence-corrected chi connectivity index (χ4v) is 26.9. The molecule has 0 bridgehead atoms. The predicted molar refractivity (Wildman–Crippen MR) is 405 cm³/mol. The standard InChI is InChI=1S/C37H30NSi2.C27H26NSi2.2C11H8N.2Ir/c1-39(2,28-15-6-3-7-16-28)31-25-26-35(38-27-31)34-23-14-22-33-32-21-12-13-24-36(32)40(37(33)34,29-17-8-4-9-18-29)30-19-10-5-11-20-30;1-29(2,20-11-6-5-7-12-20)21-17-18-25(28-19-21)24-15-10-14-23-22-13-8-9-16-26(22)30(3,4)27(23)24;2*1-2-6-10(7-3-1)11-8-4-5-9-12-11;;/h3-22,24-27H,1-2H3;5-14,16-19H,1-4H3;2*1-6,8-9H;;/q4*-1;;. The monoisotopic (exact) mass is 1660 g/mol. The van der Waals surface area contributed by atoms with Crippen molar-refractivity contribution in [1.82, 2.24) is 19.9 Å². The van der Waals surface area contributed by atoms with Gasteiger partial charge in [0.25, 0.3) is 0 Å². The van der Waals surface area contributed by atoms with Crippen LogP contribution < -0.4 is 51.9 Å². The van der Waals surface area contributed by atoms with Gasteiger partial charge in [0.05, 0.1) is 8.07 Å². The molecule has 0 aliphatic carbocycles. The first-order valence-corrected chi connectivity index (χ1v) is 43.2. The zero-order chi connectivity index (χ0) is 64.5. The van der Waals surface area contributed by atoms with Crippen LogP contribution in [0, 0.1) is 24.3 Å². The van der Waals surface area contributed by atoms with E-state index < -0.39 is 32.3 Å². The molecule has 16 rings (SSSR count). The molecule has 0 spiro atoms. The first-order chi connectivity index (χ1) is 46.0. The van der Waals surface area contributed by atoms with Gasteiger partial charge in [-0.05, 0) is 61.6 Å². The molecule has 0 saturated heterocycles. The van der Waals surface area contributed by atoms with Crippen molar-refractivity contribution >= 4 is 84.2 Å². The summed E-state index contributed by atoms with van der Waals surface area (Å²) < 4.78 is 0. The number of hydrogen-bond acceptors (Lipinski definition) is 4. The van der Waals surface area contributed by atoms with E-state index in [0.29, 0.717) is 0 Å². The Morgan fingerprint density at radius 2 is 0.677 bits per heavy atom. The normalized spacial score (nSPS) is 12.5. The number of hydrogen-bond donors (Lipinski definition) is 0. The van der Waals surface area contributed by atoms with Crippen LogP contribution in [0.1, 0.15) is 0 Å². The van der Waals surface area contributed by atoms with Gasteiger partial charge in [-0.3, -0.25) is 0 Å². The summed E-state index contributed by atoms with van der Waals surface area (Å²) in [5.74, 6) is 0. The Bertz CT molecular complexity index is 4640. The quantitative estimate of drug-likeness (QED) is 0.101. The number of nitrogens with zero attached hydrogens (tertiary/aromatic N) is 4. The van der Waals surface area contributed by atoms with E-state index in [-0.39, 0.29) is 40.2 Å². The Hall–Kier alpha value is -9.03. The van der Waals surface area contributed by atoms with E-state index in [9.17, 15) is 0 Å². The van der Waals surface area contributed by atoms with Crippen LogP contribution in [-0.4, -0.2) is 52.2 Å². The summed E-state index contributed by atoms with van der Waals surface area (Å²) in [5.41, 5.74) is 13.8. The van der Waals surface area contributed by atoms with Gasteiger partial charge in [0.1, 0.15) is 24.2 Å². The fraction of sp³-hybridized carbons (Fsp3) is 0.0698. The summed E-state index contributed by atoms with van der Waals surface area (Å²) >= 11 is 0. The van der Waals surface area contributed by atoms with Crippen molar-refractivity contribution in [3.05, 3.63) is 352 Å². The first kappa shape index (κ1) is 68.4. The smallest absolute Gasteiger partial charge is 0.136 e. The number of rotatable bonds is 10. The second-order valence-corrected chi connectivity index (χ2v) is 42.1. The van der Waals surface area contributed by atoms with Crippen molar-refractivity contribution in [2.75, 3.05) is 0 Å². The second-order valence-electron chi connectivity index (χ2n) is 25.3. The summed E-state index contributed by atoms with van der Waals surface area (Å²) in [6.45, 7) is 14.5. The molecule has 0 N–H and O–H groups in total. The van der Waals surface area contributed by atoms with Crippen LogP contribution in [0.4, 0.5) is 0 Å². The molecule has 0 fully saturated rings. The second kappa shape index (κ2) is 30.4. The van der Waals surface area contributed by atoms with Gasteiger partial charge >= 0.3 is 0 Å². The van der Waals surface area contributed by atoms with Gasteiger partial charge in [-0.2, -0.15) is 0 Å². The molecule has 474 valence electrons. The molecule has 0 atom stereocenters. The van der Waals surface area contributed by atoms with E-state index in [4.69, 9.17) is 9.97 Å². The van der Waals surface area contributed by atoms with E-state index in [1.165, 1.54) is 79.7 Å². The number of aromatic nitrogens is 4. The largest absolute Gasteiger partial charge is 0.305 e. The number of benzene rings is 10. The average molecular weight is 1660 g/mol. The molecule has 2 radical (unpaired) electrons. The van der Waals surface area contributed by atoms with Crippen molar-refractivity contribution in [1.29, 1.82) is 0 Å². The van der Waals surface area contributed by atoms with Crippen molar-refractivity contribution in [2.45, 2.75) is 39.3 Å². The van der Waals surface area contributed by atoms with E-state index in [2.05, 4.69) is 304 Å². The van der Waals surface area contributed by atoms with Gasteiger partial charge in [0.2, 0.25) is 0 Å². The molecule has 0 unspecified atom stereocenters. The van der Waals surface area contributed by atoms with Crippen molar-refractivity contribution in [3.63, 3.8) is 0 Å². The molecular formula is C86H72Ir2N4Si4-4. The Labute approximate surface area is 598 Å². The topological polar surface area (TPSA) is 51.6 Å². The van der Waals surface area contributed by atoms with Gasteiger partial charge in [0.15, 0.2) is 0 Å². The molecule has 2 aliphatic heterocycles. The van der Waals surface area contributed by atoms with Gasteiger partial charge in [-0.25, -0.2) is 0 Å². The maximum Gasteiger partial charge on any atom is 0.136 e. The van der Waals surface area contributed by atoms with Crippen LogP contribution in [-0.2, 0) is 40.2 Å². The fourth-order valence-electron chi connectivity index (χ4n) is 13.6. The summed E-state index contributed by atoms with van der Waals surface area (Å²) in [6.07, 6.45) is 7.81. The average Bonchev–Trinajstić information content (AvgIpc) is 1.53. The third-order valence-corrected chi connectivity index (χ3v) is 34.2. The zero-order valence-electron chi connectivity index (χ0n) is 54.6. The molecule has 14 aromatic rings. The molecule has 6 heterocycles. The van der Waals surface area contributed by atoms with Crippen LogP contribution >= 0.6 is 0 Å². The van der Waals surface area contributed by atoms with Crippen molar-refractivity contribution in [2.24, 2.45) is 0 Å². The SMILES string of the molecule is C[Si](C)(c1ccccc1)c1ccc(-c2[c-]ccc3c2[Si](C)(C)c2ccccc2-3)nc1.C[Si](C)(c1ccccc1)c1ccc(-c2[c-]ccc3c2[Si](c2ccccc2)(c2ccccc2)c2ccccc2-3)nc1.[Ir].[Ir].[c-]1ccccc1-c1ccccn1.[c-]1ccccc1-c1ccccn1. The Morgan fingerprint density at radius 1 is 0.292 bits per heavy atom. The summed E-state index contributed by atoms with van der Waals surface area (Å²) in [5, 5.41) is 14.2. The molecule has 10 heteroatoms. The molecule has 0 amide bonds. The van der Waals surface area contributed by atoms with Crippen molar-refractivity contribution < 1.29 is 40.2 Å². The third kappa shape index (κ3) is 13.7. The van der Waals surface area contributed by atoms with Crippen LogP contribution in [0.5, 0.6) is 0 Å². The third-order valence-electron chi connectivity index (χ3n) is 18.7. The predicted octanol–water partition coefficient (Wildman–Crippen LogP) is 14.0. The van der Waals surface area contributed by atoms with E-state index in [1.54, 1.807) is 12.4 Å². The van der Waals surface area contributed by atoms with E-state index in [1.807, 2.05) is 84.9 Å². The molecule has 0 saturated carbocycles. The summed E-state index contributed by atoms with van der Waals surface area (Å²) in [6, 6.07) is 121. The number of pyridine rings is 4. The molecule has 4 aromatic heterocycles. The Kier molecular flexibility index (Phi) is 21.6. The molecule has 96 heavy (non-hydrogen) atoms. The maximum absolute atomic E-state index is 5.16. The summed E-state index contributed by atoms with van der Waals surface area (Å²) in [7, 11) is -7.99. The molecule has 10 aromatic carbocycles. The summed E-state index contributed by atoms with van der Waals surface area (Å²) in [4.78, 5) is 18.6. The van der Waals surface area contributed by atoms with Crippen molar-refractivity contribution in [3.8, 4) is 67.3 Å². The van der Waals surface area contributed by atoms with Gasteiger partial charge in [-0.1, -0.05) is 295 Å². The minimum Gasteiger partial charge on any atom is -0.305 e. The van der Waals surface area contributed by atoms with Crippen LogP contribution in [0.2, 0.25) is 39.3 Å². The van der Waals surface area contributed by atoms with Gasteiger partial charge in [0, 0.05) is 65.0 Å². The van der Waals surface area contributed by atoms with E-state index in [0.717, 1.165) is 39.5 Å². The molecule has 2 aliphatic rings. The molecule has 4 nitrogen and oxygen atoms in total. The minimum atomic E-state index is -2.62. The zero-order valence-corrected chi connectivity index (χ0v) is 63.4. The van der Waals surface area contributed by atoms with Crippen LogP contribution in [0.25, 0.3) is 67.3 Å². The Morgan fingerprint density at radius 3 is 1.09 bits per heavy atom. The maximum atomic E-state index is 5.16. The first-order valence-electron chi connectivity index (χ1n) is 32.2. The van der Waals surface area contributed by atoms with E-state index >= 15 is 0 Å².